The fourth-order valence-corrected chi connectivity index (χ4v) is 5.37. The lowest BCUT2D eigenvalue weighted by molar-refractivity contribution is -0.142. The van der Waals surface area contributed by atoms with Crippen LogP contribution >= 0.6 is 0 Å². The van der Waals surface area contributed by atoms with Crippen LogP contribution in [0.15, 0.2) is 42.6 Å². The summed E-state index contributed by atoms with van der Waals surface area (Å²) in [4.78, 5) is 17.8. The molecule has 0 saturated carbocycles. The summed E-state index contributed by atoms with van der Waals surface area (Å²) >= 11 is 0. The standard InChI is InChI=1S/C21H26FN3O4S/c1-15(2)19(21(26)27)14-30(28,29)25-11-9-24(10-12-25)20-8-5-17(13-23-20)16-3-6-18(22)7-4-16/h3-8,13,15,19H,9-12,14H2,1-2H3,(H,26,27). The number of aliphatic carboxylic acids is 1. The topological polar surface area (TPSA) is 90.8 Å². The molecule has 1 N–H and O–H groups in total. The van der Waals surface area contributed by atoms with E-state index in [-0.39, 0.29) is 30.6 Å². The number of hydrogen-bond acceptors (Lipinski definition) is 5. The number of aromatic nitrogens is 1. The van der Waals surface area contributed by atoms with Gasteiger partial charge in [-0.1, -0.05) is 26.0 Å². The predicted molar refractivity (Wildman–Crippen MR) is 113 cm³/mol. The molecule has 0 radical (unpaired) electrons. The first-order valence-corrected chi connectivity index (χ1v) is 11.5. The Balaban J connectivity index is 1.62. The first kappa shape index (κ1) is 22.2. The van der Waals surface area contributed by atoms with E-state index in [9.17, 15) is 22.7 Å². The van der Waals surface area contributed by atoms with Crippen molar-refractivity contribution in [2.24, 2.45) is 11.8 Å². The van der Waals surface area contributed by atoms with E-state index in [0.29, 0.717) is 13.1 Å². The summed E-state index contributed by atoms with van der Waals surface area (Å²) in [5.41, 5.74) is 1.73. The van der Waals surface area contributed by atoms with Gasteiger partial charge in [-0.3, -0.25) is 4.79 Å². The summed E-state index contributed by atoms with van der Waals surface area (Å²) in [6.45, 7) is 4.95. The lowest BCUT2D eigenvalue weighted by Crippen LogP contribution is -2.50. The normalized spacial score (nSPS) is 16.6. The number of piperazine rings is 1. The number of halogens is 1. The molecule has 0 spiro atoms. The molecule has 0 aliphatic carbocycles. The number of hydrogen-bond donors (Lipinski definition) is 1. The van der Waals surface area contributed by atoms with E-state index in [1.54, 1.807) is 32.2 Å². The van der Waals surface area contributed by atoms with E-state index in [1.165, 1.54) is 16.4 Å². The minimum absolute atomic E-state index is 0.262. The van der Waals surface area contributed by atoms with Gasteiger partial charge in [0.05, 0.1) is 11.7 Å². The zero-order valence-corrected chi connectivity index (χ0v) is 17.8. The van der Waals surface area contributed by atoms with Crippen LogP contribution in [0.3, 0.4) is 0 Å². The van der Waals surface area contributed by atoms with Gasteiger partial charge in [0.2, 0.25) is 10.0 Å². The molecule has 30 heavy (non-hydrogen) atoms. The maximum Gasteiger partial charge on any atom is 0.307 e. The summed E-state index contributed by atoms with van der Waals surface area (Å²) in [6, 6.07) is 9.95. The summed E-state index contributed by atoms with van der Waals surface area (Å²) < 4.78 is 39.8. The van der Waals surface area contributed by atoms with Gasteiger partial charge in [0.15, 0.2) is 0 Å². The van der Waals surface area contributed by atoms with Gasteiger partial charge in [-0.25, -0.2) is 17.8 Å². The Morgan fingerprint density at radius 3 is 2.17 bits per heavy atom. The van der Waals surface area contributed by atoms with Gasteiger partial charge >= 0.3 is 5.97 Å². The third-order valence-electron chi connectivity index (χ3n) is 5.39. The van der Waals surface area contributed by atoms with Crippen molar-refractivity contribution in [1.29, 1.82) is 0 Å². The van der Waals surface area contributed by atoms with Crippen LogP contribution in [0.5, 0.6) is 0 Å². The fourth-order valence-electron chi connectivity index (χ4n) is 3.46. The van der Waals surface area contributed by atoms with Crippen molar-refractivity contribution in [2.45, 2.75) is 13.8 Å². The number of nitrogens with zero attached hydrogens (tertiary/aromatic N) is 3. The molecule has 1 unspecified atom stereocenters. The first-order valence-electron chi connectivity index (χ1n) is 9.85. The Kier molecular flexibility index (Phi) is 6.72. The van der Waals surface area contributed by atoms with Crippen molar-refractivity contribution in [3.63, 3.8) is 0 Å². The quantitative estimate of drug-likeness (QED) is 0.719. The maximum absolute atomic E-state index is 13.1. The second-order valence-corrected chi connectivity index (χ2v) is 9.78. The van der Waals surface area contributed by atoms with Crippen LogP contribution in [0, 0.1) is 17.7 Å². The minimum Gasteiger partial charge on any atom is -0.481 e. The van der Waals surface area contributed by atoms with Crippen LogP contribution in [-0.2, 0) is 14.8 Å². The molecule has 2 heterocycles. The van der Waals surface area contributed by atoms with Crippen LogP contribution in [-0.4, -0.2) is 60.7 Å². The van der Waals surface area contributed by atoms with Crippen molar-refractivity contribution >= 4 is 21.8 Å². The maximum atomic E-state index is 13.1. The van der Waals surface area contributed by atoms with Crippen molar-refractivity contribution < 1.29 is 22.7 Å². The molecule has 1 aromatic carbocycles. The SMILES string of the molecule is CC(C)C(CS(=O)(=O)N1CCN(c2ccc(-c3ccc(F)cc3)cn2)CC1)C(=O)O. The monoisotopic (exact) mass is 435 g/mol. The van der Waals surface area contributed by atoms with Gasteiger partial charge in [-0.2, -0.15) is 4.31 Å². The van der Waals surface area contributed by atoms with E-state index in [0.717, 1.165) is 16.9 Å². The number of pyridine rings is 1. The number of carbonyl (C=O) groups is 1. The Hall–Kier alpha value is -2.52. The average molecular weight is 436 g/mol. The van der Waals surface area contributed by atoms with E-state index < -0.39 is 21.9 Å². The molecule has 1 atom stereocenters. The van der Waals surface area contributed by atoms with E-state index in [2.05, 4.69) is 4.98 Å². The van der Waals surface area contributed by atoms with Gasteiger partial charge < -0.3 is 10.0 Å². The zero-order chi connectivity index (χ0) is 21.9. The molecule has 2 aromatic rings. The molecule has 1 saturated heterocycles. The highest BCUT2D eigenvalue weighted by Gasteiger charge is 2.33. The second kappa shape index (κ2) is 9.09. The zero-order valence-electron chi connectivity index (χ0n) is 17.0. The molecule has 9 heteroatoms. The first-order chi connectivity index (χ1) is 14.2. The summed E-state index contributed by atoms with van der Waals surface area (Å²) in [5.74, 6) is -2.21. The molecule has 1 aliphatic rings. The van der Waals surface area contributed by atoms with E-state index in [1.807, 2.05) is 17.0 Å². The second-order valence-electron chi connectivity index (χ2n) is 7.77. The molecule has 1 fully saturated rings. The van der Waals surface area contributed by atoms with Crippen LogP contribution in [0.4, 0.5) is 10.2 Å². The van der Waals surface area contributed by atoms with E-state index >= 15 is 0 Å². The van der Waals surface area contributed by atoms with Crippen molar-refractivity contribution in [3.8, 4) is 11.1 Å². The number of sulfonamides is 1. The van der Waals surface area contributed by atoms with Crippen LogP contribution in [0.1, 0.15) is 13.8 Å². The molecule has 1 aromatic heterocycles. The van der Waals surface area contributed by atoms with Crippen LogP contribution in [0.25, 0.3) is 11.1 Å². The minimum atomic E-state index is -3.65. The highest BCUT2D eigenvalue weighted by Crippen LogP contribution is 2.23. The van der Waals surface area contributed by atoms with Crippen molar-refractivity contribution in [3.05, 3.63) is 48.4 Å². The molecule has 7 nitrogen and oxygen atoms in total. The predicted octanol–water partition coefficient (Wildman–Crippen LogP) is 2.70. The van der Waals surface area contributed by atoms with Crippen molar-refractivity contribution in [2.75, 3.05) is 36.8 Å². The number of carboxylic acids is 1. The largest absolute Gasteiger partial charge is 0.481 e. The lowest BCUT2D eigenvalue weighted by atomic mass is 9.98. The Morgan fingerprint density at radius 2 is 1.67 bits per heavy atom. The molecule has 1 aliphatic heterocycles. The molecule has 3 rings (SSSR count). The Bertz CT molecular complexity index is 970. The number of rotatable bonds is 7. The number of benzene rings is 1. The van der Waals surface area contributed by atoms with E-state index in [4.69, 9.17) is 0 Å². The Morgan fingerprint density at radius 1 is 1.07 bits per heavy atom. The third-order valence-corrected chi connectivity index (χ3v) is 7.33. The van der Waals surface area contributed by atoms with Crippen molar-refractivity contribution in [1.82, 2.24) is 9.29 Å². The van der Waals surface area contributed by atoms with Crippen LogP contribution < -0.4 is 4.90 Å². The summed E-state index contributed by atoms with van der Waals surface area (Å²) in [7, 11) is -3.65. The van der Waals surface area contributed by atoms with Gasteiger partial charge in [-0.15, -0.1) is 0 Å². The van der Waals surface area contributed by atoms with Gasteiger partial charge in [0.1, 0.15) is 11.6 Å². The highest BCUT2D eigenvalue weighted by atomic mass is 32.2. The molecule has 0 bridgehead atoms. The fraction of sp³-hybridized carbons (Fsp3) is 0.429. The third kappa shape index (κ3) is 5.14. The molecular weight excluding hydrogens is 409 g/mol. The lowest BCUT2D eigenvalue weighted by Gasteiger charge is -2.35. The number of anilines is 1. The molecular formula is C21H26FN3O4S. The van der Waals surface area contributed by atoms with Crippen LogP contribution in [0.2, 0.25) is 0 Å². The van der Waals surface area contributed by atoms with Gasteiger partial charge in [0.25, 0.3) is 0 Å². The summed E-state index contributed by atoms with van der Waals surface area (Å²) in [6.07, 6.45) is 1.71. The molecule has 0 amide bonds. The number of carboxylic acid groups (broad SMARTS) is 1. The molecule has 162 valence electrons. The highest BCUT2D eigenvalue weighted by molar-refractivity contribution is 7.89. The smallest absolute Gasteiger partial charge is 0.307 e. The Labute approximate surface area is 176 Å². The average Bonchev–Trinajstić information content (AvgIpc) is 2.72. The van der Waals surface area contributed by atoms with Gasteiger partial charge in [0, 0.05) is 37.9 Å². The van der Waals surface area contributed by atoms with Gasteiger partial charge in [-0.05, 0) is 35.7 Å². The summed E-state index contributed by atoms with van der Waals surface area (Å²) in [5, 5.41) is 9.30.